The zero-order chi connectivity index (χ0) is 14.7. The van der Waals surface area contributed by atoms with Gasteiger partial charge in [-0.1, -0.05) is 18.2 Å². The van der Waals surface area contributed by atoms with Crippen LogP contribution in [0.3, 0.4) is 0 Å². The Bertz CT molecular complexity index is 675. The second-order valence-corrected chi connectivity index (χ2v) is 4.16. The number of carbonyl (C=O) groups excluding carboxylic acids is 2. The van der Waals surface area contributed by atoms with Gasteiger partial charge in [-0.3, -0.25) is 4.79 Å². The van der Waals surface area contributed by atoms with Gasteiger partial charge < -0.3 is 21.0 Å². The first kappa shape index (κ1) is 17.2. The minimum Gasteiger partial charge on any atom is -0.545 e. The molecule has 6 nitrogen and oxygen atoms in total. The molecule has 0 aliphatic rings. The van der Waals surface area contributed by atoms with E-state index in [0.717, 1.165) is 0 Å². The summed E-state index contributed by atoms with van der Waals surface area (Å²) >= 11 is 0. The van der Waals surface area contributed by atoms with Gasteiger partial charge in [0.05, 0.1) is 11.5 Å². The van der Waals surface area contributed by atoms with E-state index in [2.05, 4.69) is 10.3 Å². The van der Waals surface area contributed by atoms with Crippen LogP contribution in [0.2, 0.25) is 0 Å². The molecular weight excluding hydrogens is 281 g/mol. The first-order valence-electron chi connectivity index (χ1n) is 5.84. The minimum atomic E-state index is -1.40. The molecule has 0 spiro atoms. The number of aromatic carboxylic acids is 1. The van der Waals surface area contributed by atoms with Gasteiger partial charge in [-0.25, -0.2) is 4.98 Å². The molecule has 7 heteroatoms. The van der Waals surface area contributed by atoms with Crippen LogP contribution >= 0.6 is 0 Å². The van der Waals surface area contributed by atoms with E-state index >= 15 is 0 Å². The zero-order valence-corrected chi connectivity index (χ0v) is 13.7. The molecule has 0 aliphatic carbocycles. The molecular formula is C14H12N3NaO3. The van der Waals surface area contributed by atoms with Crippen LogP contribution in [0.5, 0.6) is 0 Å². The molecule has 1 heterocycles. The molecule has 2 rings (SSSR count). The number of rotatable bonds is 4. The third kappa shape index (κ3) is 4.04. The van der Waals surface area contributed by atoms with E-state index in [1.54, 1.807) is 12.1 Å². The van der Waals surface area contributed by atoms with E-state index in [-0.39, 0.29) is 52.2 Å². The zero-order valence-electron chi connectivity index (χ0n) is 11.7. The summed E-state index contributed by atoms with van der Waals surface area (Å²) in [7, 11) is 0. The van der Waals surface area contributed by atoms with Crippen LogP contribution in [0.4, 0.5) is 11.5 Å². The molecule has 0 aliphatic heterocycles. The third-order valence-electron chi connectivity index (χ3n) is 2.73. The van der Waals surface area contributed by atoms with Gasteiger partial charge in [-0.2, -0.15) is 0 Å². The SMILES string of the molecule is Cc1nc(Nc2ccccc2)c(C(N)=O)cc1C(=O)[O-].[Na+]. The van der Waals surface area contributed by atoms with Crippen LogP contribution < -0.4 is 45.7 Å². The van der Waals surface area contributed by atoms with E-state index in [1.807, 2.05) is 18.2 Å². The predicted molar refractivity (Wildman–Crippen MR) is 71.5 cm³/mol. The number of amides is 1. The van der Waals surface area contributed by atoms with Crippen LogP contribution in [-0.2, 0) is 0 Å². The van der Waals surface area contributed by atoms with Crippen molar-refractivity contribution in [2.75, 3.05) is 5.32 Å². The number of aromatic nitrogens is 1. The molecule has 0 bridgehead atoms. The summed E-state index contributed by atoms with van der Waals surface area (Å²) in [5.41, 5.74) is 6.05. The maximum atomic E-state index is 11.4. The summed E-state index contributed by atoms with van der Waals surface area (Å²) in [5, 5.41) is 13.9. The Kier molecular flexibility index (Phi) is 5.90. The fourth-order valence-corrected chi connectivity index (χ4v) is 1.75. The quantitative estimate of drug-likeness (QED) is 0.611. The van der Waals surface area contributed by atoms with Gasteiger partial charge >= 0.3 is 29.6 Å². The molecule has 0 radical (unpaired) electrons. The third-order valence-corrected chi connectivity index (χ3v) is 2.73. The molecule has 0 saturated heterocycles. The van der Waals surface area contributed by atoms with Gasteiger partial charge in [-0.05, 0) is 25.1 Å². The number of carbonyl (C=O) groups is 2. The Hall–Kier alpha value is -1.89. The fraction of sp³-hybridized carbons (Fsp3) is 0.0714. The first-order valence-corrected chi connectivity index (χ1v) is 5.84. The van der Waals surface area contributed by atoms with E-state index in [4.69, 9.17) is 5.73 Å². The summed E-state index contributed by atoms with van der Waals surface area (Å²) in [6.07, 6.45) is 0. The molecule has 1 aromatic carbocycles. The largest absolute Gasteiger partial charge is 1.00 e. The number of nitrogens with two attached hydrogens (primary N) is 1. The van der Waals surface area contributed by atoms with Crippen molar-refractivity contribution in [3.05, 3.63) is 53.2 Å². The Balaban J connectivity index is 0.00000220. The van der Waals surface area contributed by atoms with Crippen LogP contribution in [0.15, 0.2) is 36.4 Å². The van der Waals surface area contributed by atoms with Crippen molar-refractivity contribution < 1.29 is 44.3 Å². The number of aryl methyl sites for hydroxylation is 1. The number of carboxylic acid groups (broad SMARTS) is 1. The van der Waals surface area contributed by atoms with Crippen molar-refractivity contribution in [1.29, 1.82) is 0 Å². The number of benzene rings is 1. The number of primary amides is 1. The van der Waals surface area contributed by atoms with Crippen molar-refractivity contribution in [1.82, 2.24) is 4.98 Å². The van der Waals surface area contributed by atoms with Gasteiger partial charge in [-0.15, -0.1) is 0 Å². The molecule has 21 heavy (non-hydrogen) atoms. The first-order chi connectivity index (χ1) is 9.49. The van der Waals surface area contributed by atoms with Gasteiger partial charge in [0, 0.05) is 16.9 Å². The number of hydrogen-bond donors (Lipinski definition) is 2. The fourth-order valence-electron chi connectivity index (χ4n) is 1.75. The Morgan fingerprint density at radius 2 is 1.81 bits per heavy atom. The summed E-state index contributed by atoms with van der Waals surface area (Å²) in [4.78, 5) is 26.4. The van der Waals surface area contributed by atoms with E-state index < -0.39 is 11.9 Å². The van der Waals surface area contributed by atoms with E-state index in [9.17, 15) is 14.7 Å². The minimum absolute atomic E-state index is 0. The van der Waals surface area contributed by atoms with Gasteiger partial charge in [0.25, 0.3) is 5.91 Å². The molecule has 3 N–H and O–H groups in total. The number of nitrogens with zero attached hydrogens (tertiary/aromatic N) is 1. The average Bonchev–Trinajstić information content (AvgIpc) is 2.39. The van der Waals surface area contributed by atoms with Gasteiger partial charge in [0.2, 0.25) is 0 Å². The van der Waals surface area contributed by atoms with Crippen molar-refractivity contribution in [2.24, 2.45) is 5.73 Å². The van der Waals surface area contributed by atoms with Crippen molar-refractivity contribution in [3.63, 3.8) is 0 Å². The number of nitrogens with one attached hydrogen (secondary N) is 1. The second-order valence-electron chi connectivity index (χ2n) is 4.16. The summed E-state index contributed by atoms with van der Waals surface area (Å²) < 4.78 is 0. The molecule has 2 aromatic rings. The van der Waals surface area contributed by atoms with Crippen LogP contribution in [-0.4, -0.2) is 16.9 Å². The van der Waals surface area contributed by atoms with Crippen molar-refractivity contribution >= 4 is 23.4 Å². The standard InChI is InChI=1S/C14H13N3O3.Na/c1-8-10(14(19)20)7-11(12(15)18)13(16-8)17-9-5-3-2-4-6-9;/h2-7H,1H3,(H2,15,18)(H,16,17)(H,19,20);/q;+1/p-1. The smallest absolute Gasteiger partial charge is 0.545 e. The number of para-hydroxylation sites is 1. The molecule has 0 unspecified atom stereocenters. The average molecular weight is 293 g/mol. The number of hydrogen-bond acceptors (Lipinski definition) is 5. The van der Waals surface area contributed by atoms with Crippen LogP contribution in [0, 0.1) is 6.92 Å². The molecule has 102 valence electrons. The maximum Gasteiger partial charge on any atom is 1.00 e. The Labute approximate surface area is 143 Å². The molecule has 0 fully saturated rings. The van der Waals surface area contributed by atoms with Crippen LogP contribution in [0.25, 0.3) is 0 Å². The van der Waals surface area contributed by atoms with Gasteiger partial charge in [0.15, 0.2) is 0 Å². The van der Waals surface area contributed by atoms with Crippen molar-refractivity contribution in [2.45, 2.75) is 6.92 Å². The van der Waals surface area contributed by atoms with E-state index in [0.29, 0.717) is 5.69 Å². The maximum absolute atomic E-state index is 11.4. The van der Waals surface area contributed by atoms with Crippen molar-refractivity contribution in [3.8, 4) is 0 Å². The predicted octanol–water partition coefficient (Wildman–Crippen LogP) is -2.40. The monoisotopic (exact) mass is 293 g/mol. The molecule has 0 atom stereocenters. The summed E-state index contributed by atoms with van der Waals surface area (Å²) in [6.45, 7) is 1.52. The Morgan fingerprint density at radius 3 is 2.33 bits per heavy atom. The number of carboxylic acids is 1. The number of anilines is 2. The normalized spacial score (nSPS) is 9.57. The second kappa shape index (κ2) is 7.21. The topological polar surface area (TPSA) is 108 Å². The summed E-state index contributed by atoms with van der Waals surface area (Å²) in [6, 6.07) is 10.2. The van der Waals surface area contributed by atoms with Crippen LogP contribution in [0.1, 0.15) is 26.4 Å². The molecule has 1 aromatic heterocycles. The van der Waals surface area contributed by atoms with Gasteiger partial charge in [0.1, 0.15) is 5.82 Å². The summed E-state index contributed by atoms with van der Waals surface area (Å²) in [5.74, 6) is -1.95. The molecule has 1 amide bonds. The number of pyridine rings is 1. The Morgan fingerprint density at radius 1 is 1.19 bits per heavy atom. The molecule has 0 saturated carbocycles. The van der Waals surface area contributed by atoms with E-state index in [1.165, 1.54) is 13.0 Å².